The number of carbonyl (C=O) groups excluding carboxylic acids is 2. The van der Waals surface area contributed by atoms with E-state index in [1.165, 1.54) is 7.11 Å². The van der Waals surface area contributed by atoms with Gasteiger partial charge in [0.15, 0.2) is 0 Å². The van der Waals surface area contributed by atoms with E-state index in [1.54, 1.807) is 4.90 Å². The van der Waals surface area contributed by atoms with Crippen molar-refractivity contribution in [3.8, 4) is 5.75 Å². The van der Waals surface area contributed by atoms with Gasteiger partial charge in [0, 0.05) is 32.7 Å². The third-order valence-corrected chi connectivity index (χ3v) is 4.38. The molecule has 0 unspecified atom stereocenters. The molecule has 1 aromatic carbocycles. The van der Waals surface area contributed by atoms with Crippen LogP contribution in [0, 0.1) is 6.92 Å². The molecule has 1 saturated heterocycles. The van der Waals surface area contributed by atoms with Gasteiger partial charge in [0.05, 0.1) is 6.61 Å². The summed E-state index contributed by atoms with van der Waals surface area (Å²) in [6, 6.07) is 8.01. The Bertz CT molecular complexity index is 568. The van der Waals surface area contributed by atoms with Crippen LogP contribution in [0.4, 0.5) is 0 Å². The van der Waals surface area contributed by atoms with Crippen molar-refractivity contribution in [1.29, 1.82) is 0 Å². The van der Waals surface area contributed by atoms with Crippen LogP contribution >= 0.6 is 0 Å². The molecule has 1 aliphatic rings. The number of carbonyl (C=O) groups is 2. The van der Waals surface area contributed by atoms with E-state index in [2.05, 4.69) is 5.32 Å². The predicted octanol–water partition coefficient (Wildman–Crippen LogP) is 1.91. The number of likely N-dealkylation sites (tertiary alicyclic amines) is 1. The van der Waals surface area contributed by atoms with Gasteiger partial charge in [0.2, 0.25) is 11.8 Å². The molecular formula is C19H28N2O4. The number of nitrogens with zero attached hydrogens (tertiary/aromatic N) is 1. The van der Waals surface area contributed by atoms with Gasteiger partial charge in [-0.05, 0) is 37.8 Å². The second-order valence-corrected chi connectivity index (χ2v) is 6.37. The van der Waals surface area contributed by atoms with Crippen LogP contribution in [0.5, 0.6) is 5.75 Å². The van der Waals surface area contributed by atoms with E-state index in [4.69, 9.17) is 9.47 Å². The molecule has 25 heavy (non-hydrogen) atoms. The number of aryl methyl sites for hydroxylation is 1. The number of amides is 2. The lowest BCUT2D eigenvalue weighted by molar-refractivity contribution is -0.136. The number of nitrogens with one attached hydrogen (secondary N) is 1. The van der Waals surface area contributed by atoms with Crippen LogP contribution < -0.4 is 10.1 Å². The van der Waals surface area contributed by atoms with Gasteiger partial charge in [0.1, 0.15) is 12.4 Å². The Hall–Kier alpha value is -2.08. The molecule has 2 amide bonds. The lowest BCUT2D eigenvalue weighted by atomic mass is 10.0. The number of ether oxygens (including phenoxy) is 2. The van der Waals surface area contributed by atoms with E-state index >= 15 is 0 Å². The smallest absolute Gasteiger partial charge is 0.248 e. The van der Waals surface area contributed by atoms with Crippen molar-refractivity contribution >= 4 is 11.8 Å². The number of rotatable bonds is 8. The van der Waals surface area contributed by atoms with E-state index in [0.717, 1.165) is 24.2 Å². The highest BCUT2D eigenvalue weighted by atomic mass is 16.5. The van der Waals surface area contributed by atoms with Crippen molar-refractivity contribution in [1.82, 2.24) is 10.2 Å². The van der Waals surface area contributed by atoms with Crippen molar-refractivity contribution in [2.45, 2.75) is 38.6 Å². The highest BCUT2D eigenvalue weighted by Crippen LogP contribution is 2.16. The topological polar surface area (TPSA) is 67.9 Å². The number of para-hydroxylation sites is 1. The Morgan fingerprint density at radius 2 is 1.96 bits per heavy atom. The van der Waals surface area contributed by atoms with Crippen LogP contribution in [0.15, 0.2) is 24.3 Å². The maximum absolute atomic E-state index is 12.0. The largest absolute Gasteiger partial charge is 0.493 e. The molecule has 0 atom stereocenters. The van der Waals surface area contributed by atoms with Gasteiger partial charge in [-0.15, -0.1) is 0 Å². The van der Waals surface area contributed by atoms with Crippen LogP contribution in [0.1, 0.15) is 31.2 Å². The Morgan fingerprint density at radius 3 is 2.64 bits per heavy atom. The van der Waals surface area contributed by atoms with E-state index in [9.17, 15) is 9.59 Å². The van der Waals surface area contributed by atoms with Crippen LogP contribution in [0.3, 0.4) is 0 Å². The van der Waals surface area contributed by atoms with Crippen LogP contribution in [0.25, 0.3) is 0 Å². The van der Waals surface area contributed by atoms with Gasteiger partial charge in [-0.2, -0.15) is 0 Å². The quantitative estimate of drug-likeness (QED) is 0.729. The molecule has 6 nitrogen and oxygen atoms in total. The fraction of sp³-hybridized carbons (Fsp3) is 0.579. The van der Waals surface area contributed by atoms with Crippen molar-refractivity contribution < 1.29 is 19.1 Å². The lowest BCUT2D eigenvalue weighted by Gasteiger charge is -2.32. The van der Waals surface area contributed by atoms with Crippen LogP contribution in [-0.4, -0.2) is 56.2 Å². The van der Waals surface area contributed by atoms with E-state index < -0.39 is 0 Å². The minimum absolute atomic E-state index is 0.0145. The molecule has 0 saturated carbocycles. The van der Waals surface area contributed by atoms with Crippen molar-refractivity contribution in [2.24, 2.45) is 0 Å². The molecule has 1 aliphatic heterocycles. The standard InChI is InChI=1S/C19H28N2O4/c1-15-6-3-4-7-17(15)25-13-5-8-18(22)20-16-9-11-21(12-10-16)19(23)14-24-2/h3-4,6-7,16H,5,8-14H2,1-2H3,(H,20,22). The first-order valence-electron chi connectivity index (χ1n) is 8.84. The number of piperidine rings is 1. The summed E-state index contributed by atoms with van der Waals surface area (Å²) in [5, 5.41) is 3.06. The normalized spacial score (nSPS) is 15.0. The first kappa shape index (κ1) is 19.2. The zero-order valence-electron chi connectivity index (χ0n) is 15.1. The third kappa shape index (κ3) is 6.38. The molecule has 1 fully saturated rings. The monoisotopic (exact) mass is 348 g/mol. The van der Waals surface area contributed by atoms with Gasteiger partial charge < -0.3 is 19.7 Å². The van der Waals surface area contributed by atoms with Gasteiger partial charge in [-0.3, -0.25) is 9.59 Å². The molecular weight excluding hydrogens is 320 g/mol. The van der Waals surface area contributed by atoms with E-state index in [1.807, 2.05) is 31.2 Å². The minimum Gasteiger partial charge on any atom is -0.493 e. The van der Waals surface area contributed by atoms with E-state index in [-0.39, 0.29) is 24.5 Å². The minimum atomic E-state index is 0.0145. The number of methoxy groups -OCH3 is 1. The SMILES string of the molecule is COCC(=O)N1CCC(NC(=O)CCCOc2ccccc2C)CC1. The molecule has 0 aliphatic carbocycles. The molecule has 1 aromatic rings. The highest BCUT2D eigenvalue weighted by molar-refractivity contribution is 5.78. The second-order valence-electron chi connectivity index (χ2n) is 6.37. The molecule has 2 rings (SSSR count). The summed E-state index contributed by atoms with van der Waals surface area (Å²) in [5.41, 5.74) is 1.10. The fourth-order valence-corrected chi connectivity index (χ4v) is 2.92. The van der Waals surface area contributed by atoms with Crippen LogP contribution in [0.2, 0.25) is 0 Å². The summed E-state index contributed by atoms with van der Waals surface area (Å²) in [6.07, 6.45) is 2.72. The van der Waals surface area contributed by atoms with Gasteiger partial charge >= 0.3 is 0 Å². The molecule has 138 valence electrons. The summed E-state index contributed by atoms with van der Waals surface area (Å²) in [6.45, 7) is 4.00. The fourth-order valence-electron chi connectivity index (χ4n) is 2.92. The van der Waals surface area contributed by atoms with Gasteiger partial charge in [-0.1, -0.05) is 18.2 Å². The summed E-state index contributed by atoms with van der Waals surface area (Å²) in [5.74, 6) is 0.937. The van der Waals surface area contributed by atoms with Crippen LogP contribution in [-0.2, 0) is 14.3 Å². The molecule has 0 aromatic heterocycles. The molecule has 0 spiro atoms. The third-order valence-electron chi connectivity index (χ3n) is 4.38. The molecule has 1 heterocycles. The second kappa shape index (κ2) is 10.0. The number of hydrogen-bond donors (Lipinski definition) is 1. The van der Waals surface area contributed by atoms with Gasteiger partial charge in [0.25, 0.3) is 0 Å². The van der Waals surface area contributed by atoms with Crippen molar-refractivity contribution in [3.05, 3.63) is 29.8 Å². The average Bonchev–Trinajstić information content (AvgIpc) is 2.61. The summed E-state index contributed by atoms with van der Waals surface area (Å²) in [4.78, 5) is 25.6. The highest BCUT2D eigenvalue weighted by Gasteiger charge is 2.23. The first-order valence-corrected chi connectivity index (χ1v) is 8.84. The van der Waals surface area contributed by atoms with Crippen molar-refractivity contribution in [2.75, 3.05) is 33.4 Å². The lowest BCUT2D eigenvalue weighted by Crippen LogP contribution is -2.47. The number of hydrogen-bond acceptors (Lipinski definition) is 4. The first-order chi connectivity index (χ1) is 12.1. The zero-order valence-corrected chi connectivity index (χ0v) is 15.1. The number of benzene rings is 1. The summed E-state index contributed by atoms with van der Waals surface area (Å²) >= 11 is 0. The molecule has 0 bridgehead atoms. The summed E-state index contributed by atoms with van der Waals surface area (Å²) < 4.78 is 10.6. The zero-order chi connectivity index (χ0) is 18.1. The summed E-state index contributed by atoms with van der Waals surface area (Å²) in [7, 11) is 1.52. The van der Waals surface area contributed by atoms with E-state index in [0.29, 0.717) is 32.5 Å². The Labute approximate surface area is 149 Å². The molecule has 0 radical (unpaired) electrons. The van der Waals surface area contributed by atoms with Crippen molar-refractivity contribution in [3.63, 3.8) is 0 Å². The Morgan fingerprint density at radius 1 is 1.24 bits per heavy atom. The molecule has 1 N–H and O–H groups in total. The Kier molecular flexibility index (Phi) is 7.73. The average molecular weight is 348 g/mol. The molecule has 6 heteroatoms. The maximum atomic E-state index is 12.0. The predicted molar refractivity (Wildman–Crippen MR) is 95.5 cm³/mol. The van der Waals surface area contributed by atoms with Gasteiger partial charge in [-0.25, -0.2) is 0 Å². The maximum Gasteiger partial charge on any atom is 0.248 e. The Balaban J connectivity index is 1.60.